The van der Waals surface area contributed by atoms with Crippen LogP contribution in [0, 0.1) is 10.8 Å². The Morgan fingerprint density at radius 3 is 2.00 bits per heavy atom. The van der Waals surface area contributed by atoms with Crippen LogP contribution in [-0.4, -0.2) is 3.78 Å². The number of hydrogen-bond donors (Lipinski definition) is 0. The number of benzene rings is 1. The van der Waals surface area contributed by atoms with Crippen molar-refractivity contribution in [3.05, 3.63) is 35.9 Å². The van der Waals surface area contributed by atoms with Gasteiger partial charge >= 0.3 is 0 Å². The van der Waals surface area contributed by atoms with Crippen molar-refractivity contribution in [2.75, 3.05) is 0 Å². The average molecular weight is 288 g/mol. The quantitative estimate of drug-likeness (QED) is 0.697. The second kappa shape index (κ2) is 3.24. The molecule has 0 aromatic heterocycles. The predicted molar refractivity (Wildman–Crippen MR) is 69.5 cm³/mol. The molecule has 0 heterocycles. The Hall–Kier alpha value is -0.0100. The van der Waals surface area contributed by atoms with Gasteiger partial charge in [0, 0.05) is 10.8 Å². The first-order valence-electron chi connectivity index (χ1n) is 5.25. The maximum atomic E-state index is 6.51. The number of rotatable bonds is 2. The van der Waals surface area contributed by atoms with Gasteiger partial charge in [0.15, 0.2) is 0 Å². The SMILES string of the molecule is CC1(C)C(Cl)(Br)C1(C)Cc1ccccc1. The zero-order valence-electron chi connectivity index (χ0n) is 9.35. The summed E-state index contributed by atoms with van der Waals surface area (Å²) < 4.78 is -0.261. The molecule has 0 radical (unpaired) electrons. The first-order chi connectivity index (χ1) is 6.83. The minimum Gasteiger partial charge on any atom is -0.105 e. The Balaban J connectivity index is 2.22. The van der Waals surface area contributed by atoms with Crippen molar-refractivity contribution in [1.82, 2.24) is 0 Å². The average Bonchev–Trinajstić information content (AvgIpc) is 2.46. The highest BCUT2D eigenvalue weighted by atomic mass is 79.9. The second-order valence-corrected chi connectivity index (χ2v) is 7.41. The largest absolute Gasteiger partial charge is 0.111 e. The van der Waals surface area contributed by atoms with E-state index < -0.39 is 0 Å². The molecule has 0 saturated heterocycles. The summed E-state index contributed by atoms with van der Waals surface area (Å²) >= 11 is 10.2. The summed E-state index contributed by atoms with van der Waals surface area (Å²) in [5, 5.41) is 0. The van der Waals surface area contributed by atoms with Gasteiger partial charge in [-0.2, -0.15) is 0 Å². The van der Waals surface area contributed by atoms with Gasteiger partial charge in [-0.15, -0.1) is 11.6 Å². The molecule has 0 aliphatic heterocycles. The molecule has 1 aliphatic carbocycles. The summed E-state index contributed by atoms with van der Waals surface area (Å²) in [5.74, 6) is 0. The Kier molecular flexibility index (Phi) is 2.48. The van der Waals surface area contributed by atoms with E-state index in [1.165, 1.54) is 5.56 Å². The molecule has 15 heavy (non-hydrogen) atoms. The molecule has 1 aromatic rings. The fourth-order valence-corrected chi connectivity index (χ4v) is 3.83. The summed E-state index contributed by atoms with van der Waals surface area (Å²) in [4.78, 5) is 0. The lowest BCUT2D eigenvalue weighted by molar-refractivity contribution is 0.416. The van der Waals surface area contributed by atoms with Crippen LogP contribution in [0.3, 0.4) is 0 Å². The fourth-order valence-electron chi connectivity index (χ4n) is 2.39. The molecule has 0 amide bonds. The van der Waals surface area contributed by atoms with Crippen molar-refractivity contribution >= 4 is 27.5 Å². The lowest BCUT2D eigenvalue weighted by Gasteiger charge is -2.13. The number of hydrogen-bond acceptors (Lipinski definition) is 0. The van der Waals surface area contributed by atoms with Crippen molar-refractivity contribution in [2.45, 2.75) is 31.0 Å². The molecule has 0 N–H and O–H groups in total. The lowest BCUT2D eigenvalue weighted by Crippen LogP contribution is -2.09. The lowest BCUT2D eigenvalue weighted by atomic mass is 9.91. The van der Waals surface area contributed by atoms with Gasteiger partial charge in [0.2, 0.25) is 0 Å². The van der Waals surface area contributed by atoms with Crippen LogP contribution in [0.1, 0.15) is 26.3 Å². The highest BCUT2D eigenvalue weighted by molar-refractivity contribution is 9.10. The first kappa shape index (κ1) is 11.5. The zero-order chi connectivity index (χ0) is 11.3. The van der Waals surface area contributed by atoms with Crippen LogP contribution in [0.15, 0.2) is 30.3 Å². The Labute approximate surface area is 105 Å². The molecular weight excluding hydrogens is 272 g/mol. The van der Waals surface area contributed by atoms with Gasteiger partial charge in [-0.3, -0.25) is 0 Å². The summed E-state index contributed by atoms with van der Waals surface area (Å²) in [6.45, 7) is 6.69. The Morgan fingerprint density at radius 1 is 1.13 bits per heavy atom. The van der Waals surface area contributed by atoms with E-state index in [9.17, 15) is 0 Å². The molecule has 0 nitrogen and oxygen atoms in total. The zero-order valence-corrected chi connectivity index (χ0v) is 11.7. The molecule has 2 heteroatoms. The van der Waals surface area contributed by atoms with E-state index in [0.717, 1.165) is 6.42 Å². The van der Waals surface area contributed by atoms with Gasteiger partial charge in [0.1, 0.15) is 3.78 Å². The highest BCUT2D eigenvalue weighted by Gasteiger charge is 2.77. The number of halogens is 2. The van der Waals surface area contributed by atoms with E-state index in [0.29, 0.717) is 0 Å². The predicted octanol–water partition coefficient (Wildman–Crippen LogP) is 4.61. The summed E-state index contributed by atoms with van der Waals surface area (Å²) in [7, 11) is 0. The molecule has 2 atom stereocenters. The van der Waals surface area contributed by atoms with Crippen molar-refractivity contribution < 1.29 is 0 Å². The summed E-state index contributed by atoms with van der Waals surface area (Å²) in [5.41, 5.74) is 1.62. The third kappa shape index (κ3) is 1.39. The van der Waals surface area contributed by atoms with Crippen molar-refractivity contribution in [3.63, 3.8) is 0 Å². The molecular formula is C13H16BrCl. The Morgan fingerprint density at radius 2 is 1.60 bits per heavy atom. The van der Waals surface area contributed by atoms with Crippen LogP contribution in [0.4, 0.5) is 0 Å². The first-order valence-corrected chi connectivity index (χ1v) is 6.42. The van der Waals surface area contributed by atoms with E-state index >= 15 is 0 Å². The maximum absolute atomic E-state index is 6.51. The molecule has 1 saturated carbocycles. The third-order valence-corrected chi connectivity index (χ3v) is 6.95. The van der Waals surface area contributed by atoms with Gasteiger partial charge in [0.25, 0.3) is 0 Å². The molecule has 1 aliphatic rings. The molecule has 0 bridgehead atoms. The molecule has 1 fully saturated rings. The minimum atomic E-state index is -0.261. The molecule has 1 aromatic carbocycles. The molecule has 2 rings (SSSR count). The summed E-state index contributed by atoms with van der Waals surface area (Å²) in [6.07, 6.45) is 1.02. The topological polar surface area (TPSA) is 0 Å². The minimum absolute atomic E-state index is 0.128. The van der Waals surface area contributed by atoms with Gasteiger partial charge < -0.3 is 0 Å². The Bertz CT molecular complexity index is 353. The monoisotopic (exact) mass is 286 g/mol. The summed E-state index contributed by atoms with van der Waals surface area (Å²) in [6, 6.07) is 10.5. The van der Waals surface area contributed by atoms with E-state index in [2.05, 4.69) is 61.0 Å². The van der Waals surface area contributed by atoms with Crippen LogP contribution in [0.2, 0.25) is 0 Å². The van der Waals surface area contributed by atoms with Gasteiger partial charge in [-0.25, -0.2) is 0 Å². The van der Waals surface area contributed by atoms with Gasteiger partial charge in [-0.05, 0) is 12.0 Å². The normalized spacial score (nSPS) is 37.7. The second-order valence-electron chi connectivity index (χ2n) is 5.19. The van der Waals surface area contributed by atoms with Crippen LogP contribution < -0.4 is 0 Å². The van der Waals surface area contributed by atoms with Gasteiger partial charge in [-0.1, -0.05) is 67.0 Å². The van der Waals surface area contributed by atoms with E-state index in [-0.39, 0.29) is 14.6 Å². The third-order valence-electron chi connectivity index (χ3n) is 4.20. The van der Waals surface area contributed by atoms with Crippen LogP contribution in [0.25, 0.3) is 0 Å². The van der Waals surface area contributed by atoms with E-state index in [4.69, 9.17) is 11.6 Å². The molecule has 0 spiro atoms. The van der Waals surface area contributed by atoms with E-state index in [1.807, 2.05) is 6.07 Å². The van der Waals surface area contributed by atoms with Crippen molar-refractivity contribution in [3.8, 4) is 0 Å². The van der Waals surface area contributed by atoms with E-state index in [1.54, 1.807) is 0 Å². The standard InChI is InChI=1S/C13H16BrCl/c1-11(2)12(3,13(11,14)15)9-10-7-5-4-6-8-10/h4-8H,9H2,1-3H3. The van der Waals surface area contributed by atoms with Crippen molar-refractivity contribution in [2.24, 2.45) is 10.8 Å². The smallest absolute Gasteiger partial charge is 0.105 e. The van der Waals surface area contributed by atoms with Crippen molar-refractivity contribution in [1.29, 1.82) is 0 Å². The van der Waals surface area contributed by atoms with Crippen LogP contribution in [-0.2, 0) is 6.42 Å². The molecule has 2 unspecified atom stereocenters. The number of alkyl halides is 2. The van der Waals surface area contributed by atoms with Crippen LogP contribution in [0.5, 0.6) is 0 Å². The highest BCUT2D eigenvalue weighted by Crippen LogP contribution is 2.79. The van der Waals surface area contributed by atoms with Gasteiger partial charge in [0.05, 0.1) is 0 Å². The molecule has 82 valence electrons. The fraction of sp³-hybridized carbons (Fsp3) is 0.538. The van der Waals surface area contributed by atoms with Crippen LogP contribution >= 0.6 is 27.5 Å². The maximum Gasteiger partial charge on any atom is 0.111 e.